The van der Waals surface area contributed by atoms with Gasteiger partial charge in [0.15, 0.2) is 5.78 Å². The van der Waals surface area contributed by atoms with Gasteiger partial charge in [-0.25, -0.2) is 4.90 Å². The summed E-state index contributed by atoms with van der Waals surface area (Å²) in [5, 5.41) is 9.63. The number of halogens is 2. The second-order valence-electron chi connectivity index (χ2n) is 13.5. The maximum atomic E-state index is 16.1. The highest BCUT2D eigenvalue weighted by atomic mass is 35.5. The number of Topliss-reactive ketones (excluding diaryl/α,β-unsaturated/α-hetero) is 1. The van der Waals surface area contributed by atoms with Gasteiger partial charge < -0.3 is 0 Å². The number of imide groups is 1. The first kappa shape index (κ1) is 32.9. The molecule has 4 atom stereocenters. The minimum Gasteiger partial charge on any atom is -0.297 e. The summed E-state index contributed by atoms with van der Waals surface area (Å²) >= 11 is 12.9. The van der Waals surface area contributed by atoms with E-state index in [0.717, 1.165) is 11.1 Å². The van der Waals surface area contributed by atoms with Gasteiger partial charge in [0.25, 0.3) is 0 Å². The minimum absolute atomic E-state index is 0.222. The number of hydrogen-bond acceptors (Lipinski definition) is 5. The molecule has 6 nitrogen and oxygen atoms in total. The summed E-state index contributed by atoms with van der Waals surface area (Å²) in [6, 6.07) is 49.9. The van der Waals surface area contributed by atoms with Crippen molar-refractivity contribution in [1.82, 2.24) is 0 Å². The lowest BCUT2D eigenvalue weighted by molar-refractivity contribution is -0.130. The lowest BCUT2D eigenvalue weighted by Crippen LogP contribution is -2.45. The van der Waals surface area contributed by atoms with E-state index < -0.39 is 34.5 Å². The van der Waals surface area contributed by atoms with Gasteiger partial charge in [-0.05, 0) is 94.1 Å². The third-order valence-electron chi connectivity index (χ3n) is 10.9. The summed E-state index contributed by atoms with van der Waals surface area (Å²) in [4.78, 5) is 47.9. The molecule has 53 heavy (non-hydrogen) atoms. The number of amides is 2. The van der Waals surface area contributed by atoms with Crippen molar-refractivity contribution in [3.8, 4) is 0 Å². The average Bonchev–Trinajstić information content (AvgIpc) is 3.71. The molecule has 1 saturated carbocycles. The van der Waals surface area contributed by atoms with Crippen LogP contribution in [-0.2, 0) is 25.2 Å². The molecule has 2 bridgehead atoms. The van der Waals surface area contributed by atoms with Crippen molar-refractivity contribution in [2.75, 3.05) is 4.90 Å². The van der Waals surface area contributed by atoms with Crippen LogP contribution in [0.4, 0.5) is 17.1 Å². The fourth-order valence-corrected chi connectivity index (χ4v) is 9.14. The number of nitrogens with zero attached hydrogens (tertiary/aromatic N) is 3. The van der Waals surface area contributed by atoms with Crippen LogP contribution in [0.1, 0.15) is 22.3 Å². The van der Waals surface area contributed by atoms with Crippen LogP contribution in [0.25, 0.3) is 11.1 Å². The number of allylic oxidation sites excluding steroid dienone is 2. The molecule has 0 aromatic heterocycles. The van der Waals surface area contributed by atoms with Gasteiger partial charge in [0.1, 0.15) is 0 Å². The number of carbonyl (C=O) groups excluding carboxylic acids is 3. The molecule has 0 spiro atoms. The largest absolute Gasteiger partial charge is 0.297 e. The van der Waals surface area contributed by atoms with Crippen molar-refractivity contribution in [1.29, 1.82) is 0 Å². The first-order valence-corrected chi connectivity index (χ1v) is 18.0. The molecule has 0 N–H and O–H groups in total. The molecule has 3 aliphatic rings. The number of benzene rings is 6. The van der Waals surface area contributed by atoms with Crippen molar-refractivity contribution >= 4 is 69.0 Å². The van der Waals surface area contributed by atoms with Gasteiger partial charge in [-0.3, -0.25) is 14.4 Å². The number of azo groups is 1. The van der Waals surface area contributed by atoms with E-state index in [-0.39, 0.29) is 5.78 Å². The van der Waals surface area contributed by atoms with Crippen molar-refractivity contribution in [2.24, 2.45) is 22.1 Å². The molecule has 2 aliphatic carbocycles. The summed E-state index contributed by atoms with van der Waals surface area (Å²) in [6.07, 6.45) is 0. The third-order valence-corrected chi connectivity index (χ3v) is 11.4. The Hall–Kier alpha value is -5.95. The molecule has 0 unspecified atom stereocenters. The Balaban J connectivity index is 1.31. The van der Waals surface area contributed by atoms with E-state index in [1.807, 2.05) is 115 Å². The van der Waals surface area contributed by atoms with Crippen LogP contribution in [0.3, 0.4) is 0 Å². The summed E-state index contributed by atoms with van der Waals surface area (Å²) in [5.74, 6) is -3.25. The molecule has 256 valence electrons. The smallest absolute Gasteiger partial charge is 0.239 e. The van der Waals surface area contributed by atoms with Crippen molar-refractivity contribution < 1.29 is 14.4 Å². The lowest BCUT2D eigenvalue weighted by Gasteiger charge is -2.39. The molecule has 6 aromatic carbocycles. The number of hydrogen-bond donors (Lipinski definition) is 0. The Morgan fingerprint density at radius 1 is 0.453 bits per heavy atom. The number of carbonyl (C=O) groups is 3. The van der Waals surface area contributed by atoms with Gasteiger partial charge in [-0.2, -0.15) is 10.2 Å². The number of ketones is 1. The highest BCUT2D eigenvalue weighted by Gasteiger charge is 2.82. The molecule has 0 radical (unpaired) electrons. The van der Waals surface area contributed by atoms with Gasteiger partial charge in [0.2, 0.25) is 11.8 Å². The van der Waals surface area contributed by atoms with Gasteiger partial charge >= 0.3 is 0 Å². The lowest BCUT2D eigenvalue weighted by atomic mass is 9.59. The quantitative estimate of drug-likeness (QED) is 0.121. The van der Waals surface area contributed by atoms with Crippen molar-refractivity contribution in [3.05, 3.63) is 196 Å². The van der Waals surface area contributed by atoms with Crippen LogP contribution in [0.5, 0.6) is 0 Å². The van der Waals surface area contributed by atoms with E-state index in [1.165, 1.54) is 4.90 Å². The SMILES string of the molecule is O=C1[C@@H]2[C@@H](C(=O)N1c1ccc(N=Nc3ccccc3)cc1)[C@@]1(c3ccc(Cl)cc3)C(=O)[C@@]2(c2ccc(Cl)cc2)C(c2ccccc2)=C1c1ccccc1. The fraction of sp³-hybridized carbons (Fsp3) is 0.0889. The highest BCUT2D eigenvalue weighted by molar-refractivity contribution is 6.39. The van der Waals surface area contributed by atoms with Gasteiger partial charge in [-0.1, -0.05) is 126 Å². The van der Waals surface area contributed by atoms with Crippen LogP contribution in [0.15, 0.2) is 174 Å². The fourth-order valence-electron chi connectivity index (χ4n) is 8.89. The highest BCUT2D eigenvalue weighted by Crippen LogP contribution is 2.74. The number of rotatable bonds is 7. The molecule has 2 amide bonds. The van der Waals surface area contributed by atoms with E-state index >= 15 is 14.4 Å². The summed E-state index contributed by atoms with van der Waals surface area (Å²) in [7, 11) is 0. The normalized spacial score (nSPS) is 23.4. The second-order valence-corrected chi connectivity index (χ2v) is 14.3. The summed E-state index contributed by atoms with van der Waals surface area (Å²) in [5.41, 5.74) is 2.72. The summed E-state index contributed by atoms with van der Waals surface area (Å²) in [6.45, 7) is 0. The maximum Gasteiger partial charge on any atom is 0.239 e. The molecule has 1 aliphatic heterocycles. The Morgan fingerprint density at radius 3 is 1.25 bits per heavy atom. The minimum atomic E-state index is -1.55. The van der Waals surface area contributed by atoms with Gasteiger partial charge in [0, 0.05) is 10.0 Å². The van der Waals surface area contributed by atoms with Crippen LogP contribution in [0, 0.1) is 11.8 Å². The monoisotopic (exact) mass is 729 g/mol. The molecule has 2 fully saturated rings. The molecular weight excluding hydrogens is 701 g/mol. The van der Waals surface area contributed by atoms with E-state index in [9.17, 15) is 0 Å². The Labute approximate surface area is 316 Å². The molecule has 1 saturated heterocycles. The van der Waals surface area contributed by atoms with Crippen molar-refractivity contribution in [2.45, 2.75) is 10.8 Å². The zero-order chi connectivity index (χ0) is 36.3. The molecular formula is C45H29Cl2N3O3. The Bertz CT molecular complexity index is 2340. The van der Waals surface area contributed by atoms with Crippen LogP contribution in [-0.4, -0.2) is 17.6 Å². The average molecular weight is 731 g/mol. The molecule has 9 rings (SSSR count). The van der Waals surface area contributed by atoms with E-state index in [2.05, 4.69) is 10.2 Å². The first-order valence-electron chi connectivity index (χ1n) is 17.2. The number of anilines is 1. The van der Waals surface area contributed by atoms with Crippen LogP contribution >= 0.6 is 23.2 Å². The molecule has 6 aromatic rings. The predicted octanol–water partition coefficient (Wildman–Crippen LogP) is 10.6. The van der Waals surface area contributed by atoms with Gasteiger partial charge in [0.05, 0.1) is 39.7 Å². The Morgan fingerprint density at radius 2 is 0.830 bits per heavy atom. The molecule has 8 heteroatoms. The van der Waals surface area contributed by atoms with E-state index in [0.29, 0.717) is 49.4 Å². The second kappa shape index (κ2) is 12.6. The van der Waals surface area contributed by atoms with Gasteiger partial charge in [-0.15, -0.1) is 0 Å². The predicted molar refractivity (Wildman–Crippen MR) is 207 cm³/mol. The van der Waals surface area contributed by atoms with E-state index in [1.54, 1.807) is 48.5 Å². The zero-order valence-electron chi connectivity index (χ0n) is 28.1. The van der Waals surface area contributed by atoms with E-state index in [4.69, 9.17) is 23.2 Å². The van der Waals surface area contributed by atoms with Crippen LogP contribution < -0.4 is 4.90 Å². The summed E-state index contributed by atoms with van der Waals surface area (Å²) < 4.78 is 0. The van der Waals surface area contributed by atoms with Crippen molar-refractivity contribution in [3.63, 3.8) is 0 Å². The number of fused-ring (bicyclic) bond motifs is 5. The molecule has 1 heterocycles. The first-order chi connectivity index (χ1) is 25.9. The Kier molecular flexibility index (Phi) is 7.84. The standard InChI is InChI=1S/C45H29Cl2N3O3/c46-32-20-16-30(17-21-32)44-37(28-10-4-1-5-11-28)38(29-12-6-2-7-13-29)45(43(44)53,31-18-22-33(47)23-19-31)40-39(44)41(51)50(42(40)52)36-26-24-35(25-27-36)49-48-34-14-8-3-9-15-34/h1-27,39-40H/t39-,40-,44-,45-/m0/s1. The maximum absolute atomic E-state index is 16.1. The third kappa shape index (κ3) is 4.76. The van der Waals surface area contributed by atoms with Crippen LogP contribution in [0.2, 0.25) is 10.0 Å². The zero-order valence-corrected chi connectivity index (χ0v) is 29.6. The topological polar surface area (TPSA) is 79.2 Å².